The van der Waals surface area contributed by atoms with Crippen LogP contribution < -0.4 is 10.6 Å². The van der Waals surface area contributed by atoms with Gasteiger partial charge in [0, 0.05) is 18.5 Å². The lowest BCUT2D eigenvalue weighted by molar-refractivity contribution is -0.124. The van der Waals surface area contributed by atoms with Gasteiger partial charge < -0.3 is 10.6 Å². The van der Waals surface area contributed by atoms with Crippen LogP contribution in [0.3, 0.4) is 0 Å². The molecule has 76 valence electrons. The molecule has 0 radical (unpaired) electrons. The van der Waals surface area contributed by atoms with E-state index in [-0.39, 0.29) is 11.8 Å². The summed E-state index contributed by atoms with van der Waals surface area (Å²) in [6.07, 6.45) is 1.15. The first-order valence-corrected chi connectivity index (χ1v) is 5.16. The minimum absolute atomic E-state index is 0.0905. The number of carbonyl (C=O) groups excluding carboxylic acids is 1. The van der Waals surface area contributed by atoms with Crippen molar-refractivity contribution in [2.24, 2.45) is 11.8 Å². The van der Waals surface area contributed by atoms with Gasteiger partial charge in [0.05, 0.1) is 0 Å². The van der Waals surface area contributed by atoms with Crippen molar-refractivity contribution in [2.75, 3.05) is 13.1 Å². The number of carbonyl (C=O) groups is 1. The van der Waals surface area contributed by atoms with Gasteiger partial charge in [-0.15, -0.1) is 0 Å². The Morgan fingerprint density at radius 2 is 2.23 bits per heavy atom. The lowest BCUT2D eigenvalue weighted by Crippen LogP contribution is -2.36. The fourth-order valence-electron chi connectivity index (χ4n) is 1.30. The zero-order chi connectivity index (χ0) is 9.84. The van der Waals surface area contributed by atoms with E-state index in [4.69, 9.17) is 0 Å². The molecule has 1 rings (SSSR count). The molecule has 0 aromatic heterocycles. The average Bonchev–Trinajstić information content (AvgIpc) is 2.77. The second-order valence-electron chi connectivity index (χ2n) is 4.04. The summed E-state index contributed by atoms with van der Waals surface area (Å²) >= 11 is 0. The second-order valence-corrected chi connectivity index (χ2v) is 4.04. The highest BCUT2D eigenvalue weighted by Crippen LogP contribution is 2.29. The Morgan fingerprint density at radius 1 is 1.62 bits per heavy atom. The van der Waals surface area contributed by atoms with Crippen molar-refractivity contribution in [3.63, 3.8) is 0 Å². The van der Waals surface area contributed by atoms with Gasteiger partial charge in [0.15, 0.2) is 0 Å². The number of hydrogen-bond donors (Lipinski definition) is 2. The highest BCUT2D eigenvalue weighted by Gasteiger charge is 2.34. The summed E-state index contributed by atoms with van der Waals surface area (Å²) in [7, 11) is 0. The third-order valence-electron chi connectivity index (χ3n) is 2.59. The number of rotatable bonds is 5. The molecule has 0 saturated heterocycles. The molecule has 2 N–H and O–H groups in total. The molecule has 1 aliphatic rings. The molecule has 0 aromatic carbocycles. The Hall–Kier alpha value is -0.570. The Balaban J connectivity index is 2.14. The van der Waals surface area contributed by atoms with Gasteiger partial charge in [0.1, 0.15) is 0 Å². The van der Waals surface area contributed by atoms with Crippen molar-refractivity contribution >= 4 is 5.91 Å². The van der Waals surface area contributed by atoms with E-state index in [1.807, 2.05) is 13.8 Å². The smallest absolute Gasteiger partial charge is 0.224 e. The minimum atomic E-state index is 0.0905. The van der Waals surface area contributed by atoms with E-state index in [9.17, 15) is 4.79 Å². The molecule has 1 aliphatic carbocycles. The molecule has 3 heteroatoms. The zero-order valence-corrected chi connectivity index (χ0v) is 8.76. The van der Waals surface area contributed by atoms with Crippen LogP contribution in [-0.4, -0.2) is 25.0 Å². The number of nitrogens with one attached hydrogen (secondary N) is 2. The summed E-state index contributed by atoms with van der Waals surface area (Å²) in [5, 5.41) is 6.21. The van der Waals surface area contributed by atoms with Gasteiger partial charge in [-0.05, 0) is 18.9 Å². The summed E-state index contributed by atoms with van der Waals surface area (Å²) in [5.41, 5.74) is 0. The van der Waals surface area contributed by atoms with Crippen LogP contribution in [0.25, 0.3) is 0 Å². The van der Waals surface area contributed by atoms with Crippen molar-refractivity contribution in [3.8, 4) is 0 Å². The van der Waals surface area contributed by atoms with Gasteiger partial charge >= 0.3 is 0 Å². The lowest BCUT2D eigenvalue weighted by Gasteiger charge is -2.11. The Kier molecular flexibility index (Phi) is 3.72. The molecule has 3 nitrogen and oxygen atoms in total. The van der Waals surface area contributed by atoms with Gasteiger partial charge in [-0.1, -0.05) is 20.8 Å². The van der Waals surface area contributed by atoms with Gasteiger partial charge in [-0.2, -0.15) is 0 Å². The van der Waals surface area contributed by atoms with Crippen molar-refractivity contribution in [3.05, 3.63) is 0 Å². The molecular weight excluding hydrogens is 164 g/mol. The summed E-state index contributed by atoms with van der Waals surface area (Å²) in [5.74, 6) is 0.971. The summed E-state index contributed by atoms with van der Waals surface area (Å²) in [6.45, 7) is 7.89. The van der Waals surface area contributed by atoms with Crippen LogP contribution in [-0.2, 0) is 4.79 Å². The maximum absolute atomic E-state index is 11.5. The van der Waals surface area contributed by atoms with Gasteiger partial charge in [-0.3, -0.25) is 4.79 Å². The molecule has 0 aliphatic heterocycles. The summed E-state index contributed by atoms with van der Waals surface area (Å²) in [6, 6.07) is 0.455. The Morgan fingerprint density at radius 3 is 2.69 bits per heavy atom. The van der Waals surface area contributed by atoms with E-state index in [0.29, 0.717) is 12.0 Å². The van der Waals surface area contributed by atoms with Crippen LogP contribution in [0.4, 0.5) is 0 Å². The first kappa shape index (κ1) is 10.5. The van der Waals surface area contributed by atoms with Crippen LogP contribution in [0.5, 0.6) is 0 Å². The van der Waals surface area contributed by atoms with E-state index in [1.165, 1.54) is 0 Å². The van der Waals surface area contributed by atoms with Crippen molar-refractivity contribution < 1.29 is 4.79 Å². The molecule has 1 amide bonds. The maximum Gasteiger partial charge on any atom is 0.224 e. The van der Waals surface area contributed by atoms with Crippen LogP contribution in [0.2, 0.25) is 0 Å². The highest BCUT2D eigenvalue weighted by molar-refractivity contribution is 5.79. The van der Waals surface area contributed by atoms with E-state index >= 15 is 0 Å². The molecule has 3 unspecified atom stereocenters. The predicted molar refractivity (Wildman–Crippen MR) is 53.4 cm³/mol. The molecule has 1 saturated carbocycles. The number of hydrogen-bond acceptors (Lipinski definition) is 2. The first-order valence-electron chi connectivity index (χ1n) is 5.16. The van der Waals surface area contributed by atoms with Crippen molar-refractivity contribution in [1.29, 1.82) is 0 Å². The fraction of sp³-hybridized carbons (Fsp3) is 0.900. The lowest BCUT2D eigenvalue weighted by atomic mass is 10.1. The van der Waals surface area contributed by atoms with E-state index in [2.05, 4.69) is 17.6 Å². The molecule has 0 spiro atoms. The first-order chi connectivity index (χ1) is 6.15. The quantitative estimate of drug-likeness (QED) is 0.662. The minimum Gasteiger partial charge on any atom is -0.353 e. The van der Waals surface area contributed by atoms with E-state index in [0.717, 1.165) is 19.5 Å². The third kappa shape index (κ3) is 3.35. The normalized spacial score (nSPS) is 28.2. The molecule has 3 atom stereocenters. The summed E-state index contributed by atoms with van der Waals surface area (Å²) < 4.78 is 0. The van der Waals surface area contributed by atoms with Crippen molar-refractivity contribution in [1.82, 2.24) is 10.6 Å². The highest BCUT2D eigenvalue weighted by atomic mass is 16.2. The molecule has 0 aromatic rings. The molecule has 13 heavy (non-hydrogen) atoms. The Labute approximate surface area is 80.3 Å². The van der Waals surface area contributed by atoms with Gasteiger partial charge in [-0.25, -0.2) is 0 Å². The molecule has 0 heterocycles. The standard InChI is InChI=1S/C10H20N2O/c1-4-11-6-8(3)10(13)12-9-5-7(9)2/h7-9,11H,4-6H2,1-3H3,(H,12,13). The topological polar surface area (TPSA) is 41.1 Å². The fourth-order valence-corrected chi connectivity index (χ4v) is 1.30. The van der Waals surface area contributed by atoms with Crippen molar-refractivity contribution in [2.45, 2.75) is 33.2 Å². The maximum atomic E-state index is 11.5. The van der Waals surface area contributed by atoms with E-state index < -0.39 is 0 Å². The average molecular weight is 184 g/mol. The predicted octanol–water partition coefficient (Wildman–Crippen LogP) is 0.757. The SMILES string of the molecule is CCNCC(C)C(=O)NC1CC1C. The second kappa shape index (κ2) is 4.61. The molecule has 1 fully saturated rings. The van der Waals surface area contributed by atoms with Gasteiger partial charge in [0.25, 0.3) is 0 Å². The summed E-state index contributed by atoms with van der Waals surface area (Å²) in [4.78, 5) is 11.5. The molecule has 0 bridgehead atoms. The van der Waals surface area contributed by atoms with Crippen LogP contribution in [0.15, 0.2) is 0 Å². The van der Waals surface area contributed by atoms with Gasteiger partial charge in [0.2, 0.25) is 5.91 Å². The third-order valence-corrected chi connectivity index (χ3v) is 2.59. The zero-order valence-electron chi connectivity index (χ0n) is 8.76. The van der Waals surface area contributed by atoms with Crippen LogP contribution in [0, 0.1) is 11.8 Å². The Bertz CT molecular complexity index is 182. The largest absolute Gasteiger partial charge is 0.353 e. The van der Waals surface area contributed by atoms with E-state index in [1.54, 1.807) is 0 Å². The number of amides is 1. The van der Waals surface area contributed by atoms with Crippen LogP contribution in [0.1, 0.15) is 27.2 Å². The molecular formula is C10H20N2O. The van der Waals surface area contributed by atoms with Crippen LogP contribution >= 0.6 is 0 Å². The monoisotopic (exact) mass is 184 g/mol.